The van der Waals surface area contributed by atoms with Crippen molar-refractivity contribution in [2.75, 3.05) is 5.75 Å². The van der Waals surface area contributed by atoms with Crippen molar-refractivity contribution in [3.05, 3.63) is 63.9 Å². The third kappa shape index (κ3) is 4.08. The Morgan fingerprint density at radius 2 is 2.07 bits per heavy atom. The molecule has 144 valence electrons. The van der Waals surface area contributed by atoms with Gasteiger partial charge in [-0.05, 0) is 56.0 Å². The first kappa shape index (κ1) is 19.0. The lowest BCUT2D eigenvalue weighted by Crippen LogP contribution is -2.35. The second kappa shape index (κ2) is 7.97. The largest absolute Gasteiger partial charge is 0.353 e. The zero-order valence-electron chi connectivity index (χ0n) is 15.4. The Morgan fingerprint density at radius 1 is 1.29 bits per heavy atom. The number of aromatic nitrogens is 2. The summed E-state index contributed by atoms with van der Waals surface area (Å²) in [6.45, 7) is 2.04. The SMILES string of the molecule is C[C@H](NC(=O)CSc1nc2ccccc2c(=O)n1-c1cccc(Cl)c1)C1CC1. The van der Waals surface area contributed by atoms with E-state index in [0.717, 1.165) is 0 Å². The van der Waals surface area contributed by atoms with Crippen LogP contribution in [0.25, 0.3) is 16.6 Å². The van der Waals surface area contributed by atoms with Crippen LogP contribution in [0.15, 0.2) is 58.5 Å². The van der Waals surface area contributed by atoms with Gasteiger partial charge in [-0.25, -0.2) is 4.98 Å². The summed E-state index contributed by atoms with van der Waals surface area (Å²) < 4.78 is 1.52. The van der Waals surface area contributed by atoms with Crippen molar-refractivity contribution in [2.45, 2.75) is 31.0 Å². The fourth-order valence-electron chi connectivity index (χ4n) is 3.19. The van der Waals surface area contributed by atoms with Crippen LogP contribution in [-0.2, 0) is 4.79 Å². The molecular formula is C21H20ClN3O2S. The number of halogens is 1. The van der Waals surface area contributed by atoms with Crippen LogP contribution in [0.3, 0.4) is 0 Å². The minimum absolute atomic E-state index is 0.0514. The van der Waals surface area contributed by atoms with Gasteiger partial charge in [-0.15, -0.1) is 0 Å². The van der Waals surface area contributed by atoms with Crippen LogP contribution in [0.4, 0.5) is 0 Å². The minimum Gasteiger partial charge on any atom is -0.353 e. The molecule has 1 aromatic heterocycles. The molecule has 7 heteroatoms. The van der Waals surface area contributed by atoms with Crippen LogP contribution in [0.1, 0.15) is 19.8 Å². The first-order valence-electron chi connectivity index (χ1n) is 9.23. The maximum absolute atomic E-state index is 13.1. The molecule has 0 aliphatic heterocycles. The number of nitrogens with one attached hydrogen (secondary N) is 1. The van der Waals surface area contributed by atoms with Crippen molar-refractivity contribution in [1.82, 2.24) is 14.9 Å². The van der Waals surface area contributed by atoms with E-state index in [-0.39, 0.29) is 23.3 Å². The van der Waals surface area contributed by atoms with Crippen LogP contribution < -0.4 is 10.9 Å². The Labute approximate surface area is 172 Å². The summed E-state index contributed by atoms with van der Waals surface area (Å²) in [7, 11) is 0. The van der Waals surface area contributed by atoms with Gasteiger partial charge >= 0.3 is 0 Å². The number of para-hydroxylation sites is 1. The highest BCUT2D eigenvalue weighted by molar-refractivity contribution is 7.99. The van der Waals surface area contributed by atoms with E-state index in [0.29, 0.717) is 32.7 Å². The predicted molar refractivity (Wildman–Crippen MR) is 113 cm³/mol. The van der Waals surface area contributed by atoms with Gasteiger partial charge in [0.05, 0.1) is 22.3 Å². The average Bonchev–Trinajstić information content (AvgIpc) is 3.52. The monoisotopic (exact) mass is 413 g/mol. The zero-order chi connectivity index (χ0) is 19.7. The fraction of sp³-hybridized carbons (Fsp3) is 0.286. The molecule has 1 atom stereocenters. The van der Waals surface area contributed by atoms with E-state index in [1.54, 1.807) is 30.3 Å². The Kier molecular flexibility index (Phi) is 5.42. The highest BCUT2D eigenvalue weighted by Crippen LogP contribution is 2.32. The topological polar surface area (TPSA) is 64.0 Å². The third-order valence-electron chi connectivity index (χ3n) is 4.86. The molecule has 28 heavy (non-hydrogen) atoms. The van der Waals surface area contributed by atoms with Gasteiger partial charge in [-0.1, -0.05) is 41.6 Å². The Hall–Kier alpha value is -2.31. The lowest BCUT2D eigenvalue weighted by atomic mass is 10.2. The normalized spacial score (nSPS) is 14.8. The Morgan fingerprint density at radius 3 is 2.82 bits per heavy atom. The number of nitrogens with zero attached hydrogens (tertiary/aromatic N) is 2. The number of hydrogen-bond donors (Lipinski definition) is 1. The minimum atomic E-state index is -0.179. The number of amides is 1. The summed E-state index contributed by atoms with van der Waals surface area (Å²) in [5, 5.41) is 4.57. The standard InChI is InChI=1S/C21H20ClN3O2S/c1-13(14-9-10-14)23-19(26)12-28-21-24-18-8-3-2-7-17(18)20(27)25(21)16-6-4-5-15(22)11-16/h2-8,11,13-14H,9-10,12H2,1H3,(H,23,26)/t13-/m0/s1. The number of fused-ring (bicyclic) bond motifs is 1. The molecule has 3 aromatic rings. The summed E-state index contributed by atoms with van der Waals surface area (Å²) in [4.78, 5) is 30.1. The van der Waals surface area contributed by atoms with E-state index in [4.69, 9.17) is 11.6 Å². The molecule has 1 saturated carbocycles. The van der Waals surface area contributed by atoms with Gasteiger partial charge in [0.15, 0.2) is 5.16 Å². The number of rotatable bonds is 6. The maximum atomic E-state index is 13.1. The number of thioether (sulfide) groups is 1. The van der Waals surface area contributed by atoms with Crippen molar-refractivity contribution < 1.29 is 4.79 Å². The highest BCUT2D eigenvalue weighted by Gasteiger charge is 2.28. The lowest BCUT2D eigenvalue weighted by molar-refractivity contribution is -0.119. The Bertz CT molecular complexity index is 1090. The Balaban J connectivity index is 1.68. The second-order valence-electron chi connectivity index (χ2n) is 7.01. The van der Waals surface area contributed by atoms with Gasteiger partial charge in [-0.2, -0.15) is 0 Å². The number of carbonyl (C=O) groups excluding carboxylic acids is 1. The van der Waals surface area contributed by atoms with Crippen LogP contribution in [-0.4, -0.2) is 27.3 Å². The summed E-state index contributed by atoms with van der Waals surface area (Å²) in [6, 6.07) is 14.5. The summed E-state index contributed by atoms with van der Waals surface area (Å²) in [6.07, 6.45) is 2.35. The van der Waals surface area contributed by atoms with Gasteiger partial charge in [-0.3, -0.25) is 14.2 Å². The van der Waals surface area contributed by atoms with Crippen LogP contribution in [0.2, 0.25) is 5.02 Å². The summed E-state index contributed by atoms with van der Waals surface area (Å²) >= 11 is 7.39. The predicted octanol–water partition coefficient (Wildman–Crippen LogP) is 4.05. The molecule has 1 aliphatic carbocycles. The van der Waals surface area contributed by atoms with Gasteiger partial charge in [0.2, 0.25) is 5.91 Å². The maximum Gasteiger partial charge on any atom is 0.266 e. The smallest absolute Gasteiger partial charge is 0.266 e. The number of benzene rings is 2. The molecule has 1 heterocycles. The zero-order valence-corrected chi connectivity index (χ0v) is 17.0. The van der Waals surface area contributed by atoms with E-state index in [1.807, 2.05) is 25.1 Å². The first-order valence-corrected chi connectivity index (χ1v) is 10.6. The molecule has 1 fully saturated rings. The molecule has 0 saturated heterocycles. The van der Waals surface area contributed by atoms with Gasteiger partial charge in [0, 0.05) is 11.1 Å². The fourth-order valence-corrected chi connectivity index (χ4v) is 4.20. The van der Waals surface area contributed by atoms with Gasteiger partial charge in [0.25, 0.3) is 5.56 Å². The summed E-state index contributed by atoms with van der Waals surface area (Å²) in [5.41, 5.74) is 1.06. The first-order chi connectivity index (χ1) is 13.5. The van der Waals surface area contributed by atoms with Crippen molar-refractivity contribution >= 4 is 40.2 Å². The van der Waals surface area contributed by atoms with Gasteiger partial charge in [0.1, 0.15) is 0 Å². The molecule has 5 nitrogen and oxygen atoms in total. The lowest BCUT2D eigenvalue weighted by Gasteiger charge is -2.15. The quantitative estimate of drug-likeness (QED) is 0.489. The summed E-state index contributed by atoms with van der Waals surface area (Å²) in [5.74, 6) is 0.740. The molecule has 1 N–H and O–H groups in total. The molecule has 1 aliphatic rings. The van der Waals surface area contributed by atoms with E-state index in [1.165, 1.54) is 29.2 Å². The highest BCUT2D eigenvalue weighted by atomic mass is 35.5. The third-order valence-corrected chi connectivity index (χ3v) is 6.04. The van der Waals surface area contributed by atoms with Crippen LogP contribution in [0, 0.1) is 5.92 Å². The molecule has 0 unspecified atom stereocenters. The molecule has 0 bridgehead atoms. The molecule has 2 aromatic carbocycles. The molecule has 4 rings (SSSR count). The average molecular weight is 414 g/mol. The van der Waals surface area contributed by atoms with Crippen molar-refractivity contribution in [1.29, 1.82) is 0 Å². The van der Waals surface area contributed by atoms with Gasteiger partial charge < -0.3 is 5.32 Å². The second-order valence-corrected chi connectivity index (χ2v) is 8.39. The van der Waals surface area contributed by atoms with Crippen LogP contribution >= 0.6 is 23.4 Å². The van der Waals surface area contributed by atoms with E-state index in [2.05, 4.69) is 10.3 Å². The number of carbonyl (C=O) groups is 1. The van der Waals surface area contributed by atoms with Crippen LogP contribution in [0.5, 0.6) is 0 Å². The molecule has 1 amide bonds. The number of hydrogen-bond acceptors (Lipinski definition) is 4. The van der Waals surface area contributed by atoms with Crippen molar-refractivity contribution in [2.24, 2.45) is 5.92 Å². The van der Waals surface area contributed by atoms with Crippen molar-refractivity contribution in [3.63, 3.8) is 0 Å². The van der Waals surface area contributed by atoms with E-state index >= 15 is 0 Å². The van der Waals surface area contributed by atoms with E-state index in [9.17, 15) is 9.59 Å². The molecule has 0 radical (unpaired) electrons. The molecular weight excluding hydrogens is 394 g/mol. The van der Waals surface area contributed by atoms with Crippen molar-refractivity contribution in [3.8, 4) is 5.69 Å². The molecule has 0 spiro atoms. The van der Waals surface area contributed by atoms with E-state index < -0.39 is 0 Å².